The average molecular weight is 190 g/mol. The Labute approximate surface area is 86.1 Å². The Morgan fingerprint density at radius 2 is 2.07 bits per heavy atom. The number of carbonyl (C=O) groups is 1. The molecule has 0 aliphatic heterocycles. The van der Waals surface area contributed by atoms with Gasteiger partial charge in [0.1, 0.15) is 0 Å². The minimum atomic E-state index is 0.0897. The van der Waals surface area contributed by atoms with E-state index in [0.29, 0.717) is 0 Å². The summed E-state index contributed by atoms with van der Waals surface area (Å²) in [5.41, 5.74) is 2.12. The number of aryl methyl sites for hydroxylation is 1. The summed E-state index contributed by atoms with van der Waals surface area (Å²) in [7, 11) is 0. The summed E-state index contributed by atoms with van der Waals surface area (Å²) in [5.74, 6) is 0.329. The Kier molecular flexibility index (Phi) is 3.87. The number of benzene rings is 1. The lowest BCUT2D eigenvalue weighted by Crippen LogP contribution is -2.07. The monoisotopic (exact) mass is 190 g/mol. The topological polar surface area (TPSA) is 17.1 Å². The van der Waals surface area contributed by atoms with Gasteiger partial charge in [-0.1, -0.05) is 45.4 Å². The van der Waals surface area contributed by atoms with Gasteiger partial charge in [-0.15, -0.1) is 0 Å². The van der Waals surface area contributed by atoms with Crippen molar-refractivity contribution in [2.45, 2.75) is 33.6 Å². The van der Waals surface area contributed by atoms with Crippen LogP contribution >= 0.6 is 0 Å². The smallest absolute Gasteiger partial charge is 0.165 e. The molecule has 0 amide bonds. The van der Waals surface area contributed by atoms with Gasteiger partial charge in [0.15, 0.2) is 5.78 Å². The number of hydrogen-bond acceptors (Lipinski definition) is 1. The normalized spacial score (nSPS) is 10.6. The van der Waals surface area contributed by atoms with Crippen LogP contribution in [0.3, 0.4) is 0 Å². The molecule has 0 aliphatic carbocycles. The summed E-state index contributed by atoms with van der Waals surface area (Å²) in [6.45, 7) is 6.03. The Morgan fingerprint density at radius 3 is 2.64 bits per heavy atom. The van der Waals surface area contributed by atoms with Crippen molar-refractivity contribution < 1.29 is 4.79 Å². The fraction of sp³-hybridized carbons (Fsp3) is 0.462. The lowest BCUT2D eigenvalue weighted by Gasteiger charge is -2.05. The highest BCUT2D eigenvalue weighted by Crippen LogP contribution is 2.12. The zero-order chi connectivity index (χ0) is 10.6. The molecule has 1 rings (SSSR count). The molecule has 0 heterocycles. The third-order valence-corrected chi connectivity index (χ3v) is 2.27. The van der Waals surface area contributed by atoms with Crippen molar-refractivity contribution in [1.29, 1.82) is 0 Å². The summed E-state index contributed by atoms with van der Waals surface area (Å²) < 4.78 is 0. The van der Waals surface area contributed by atoms with Gasteiger partial charge in [0.05, 0.1) is 0 Å². The van der Waals surface area contributed by atoms with E-state index in [-0.39, 0.29) is 11.7 Å². The van der Waals surface area contributed by atoms with Crippen LogP contribution in [0.25, 0.3) is 0 Å². The van der Waals surface area contributed by atoms with Crippen LogP contribution < -0.4 is 0 Å². The molecule has 0 aliphatic rings. The number of rotatable bonds is 4. The van der Waals surface area contributed by atoms with Crippen LogP contribution in [0.2, 0.25) is 0 Å². The lowest BCUT2D eigenvalue weighted by molar-refractivity contribution is 0.0939. The van der Waals surface area contributed by atoms with E-state index in [4.69, 9.17) is 0 Å². The number of Topliss-reactive ketones (excluding diaryl/α,β-unsaturated/α-hetero) is 1. The van der Waals surface area contributed by atoms with E-state index in [1.165, 1.54) is 5.56 Å². The molecule has 1 aromatic carbocycles. The third-order valence-electron chi connectivity index (χ3n) is 2.27. The minimum absolute atomic E-state index is 0.0897. The first-order chi connectivity index (χ1) is 6.65. The Morgan fingerprint density at radius 1 is 1.36 bits per heavy atom. The van der Waals surface area contributed by atoms with E-state index < -0.39 is 0 Å². The summed E-state index contributed by atoms with van der Waals surface area (Å²) in [4.78, 5) is 11.7. The first-order valence-electron chi connectivity index (χ1n) is 5.28. The molecule has 0 saturated heterocycles. The van der Waals surface area contributed by atoms with Crippen molar-refractivity contribution in [3.8, 4) is 0 Å². The first kappa shape index (κ1) is 11.0. The summed E-state index contributed by atoms with van der Waals surface area (Å²) in [6.07, 6.45) is 2.18. The van der Waals surface area contributed by atoms with Gasteiger partial charge < -0.3 is 0 Å². The largest absolute Gasteiger partial charge is 0.294 e. The van der Waals surface area contributed by atoms with Crippen molar-refractivity contribution in [2.24, 2.45) is 5.92 Å². The van der Waals surface area contributed by atoms with E-state index in [9.17, 15) is 4.79 Å². The second kappa shape index (κ2) is 4.94. The molecular formula is C13H18O. The lowest BCUT2D eigenvalue weighted by atomic mass is 9.98. The predicted molar refractivity (Wildman–Crippen MR) is 59.6 cm³/mol. The number of hydrogen-bond donors (Lipinski definition) is 0. The van der Waals surface area contributed by atoms with Crippen molar-refractivity contribution in [3.05, 3.63) is 35.4 Å². The van der Waals surface area contributed by atoms with Crippen molar-refractivity contribution in [1.82, 2.24) is 0 Å². The van der Waals surface area contributed by atoms with Crippen molar-refractivity contribution >= 4 is 5.78 Å². The van der Waals surface area contributed by atoms with Crippen LogP contribution in [0.1, 0.15) is 43.1 Å². The maximum absolute atomic E-state index is 11.7. The molecule has 0 radical (unpaired) electrons. The highest BCUT2D eigenvalue weighted by atomic mass is 16.1. The molecular weight excluding hydrogens is 172 g/mol. The Bertz CT molecular complexity index is 313. The predicted octanol–water partition coefficient (Wildman–Crippen LogP) is 3.48. The second-order valence-electron chi connectivity index (χ2n) is 3.97. The SMILES string of the molecule is CCCc1cccc(C(=O)C(C)C)c1. The van der Waals surface area contributed by atoms with Crippen LogP contribution in [0, 0.1) is 5.92 Å². The molecule has 0 fully saturated rings. The van der Waals surface area contributed by atoms with Crippen molar-refractivity contribution in [3.63, 3.8) is 0 Å². The first-order valence-corrected chi connectivity index (χ1v) is 5.28. The van der Waals surface area contributed by atoms with E-state index >= 15 is 0 Å². The molecule has 0 unspecified atom stereocenters. The fourth-order valence-electron chi connectivity index (χ4n) is 1.50. The molecule has 0 N–H and O–H groups in total. The highest BCUT2D eigenvalue weighted by molar-refractivity contribution is 5.97. The minimum Gasteiger partial charge on any atom is -0.294 e. The van der Waals surface area contributed by atoms with Gasteiger partial charge in [0.25, 0.3) is 0 Å². The van der Waals surface area contributed by atoms with Crippen LogP contribution in [-0.2, 0) is 6.42 Å². The second-order valence-corrected chi connectivity index (χ2v) is 3.97. The Hall–Kier alpha value is -1.11. The van der Waals surface area contributed by atoms with Crippen LogP contribution in [0.5, 0.6) is 0 Å². The Balaban J connectivity index is 2.88. The third kappa shape index (κ3) is 2.69. The molecule has 76 valence electrons. The van der Waals surface area contributed by atoms with Crippen LogP contribution in [0.15, 0.2) is 24.3 Å². The molecule has 14 heavy (non-hydrogen) atoms. The molecule has 0 atom stereocenters. The van der Waals surface area contributed by atoms with Gasteiger partial charge in [-0.2, -0.15) is 0 Å². The fourth-order valence-corrected chi connectivity index (χ4v) is 1.50. The summed E-state index contributed by atoms with van der Waals surface area (Å²) in [5, 5.41) is 0. The number of ketones is 1. The molecule has 0 spiro atoms. The van der Waals surface area contributed by atoms with Gasteiger partial charge in [-0.05, 0) is 18.1 Å². The van der Waals surface area contributed by atoms with Crippen LogP contribution in [-0.4, -0.2) is 5.78 Å². The molecule has 1 aromatic rings. The standard InChI is InChI=1S/C13H18O/c1-4-6-11-7-5-8-12(9-11)13(14)10(2)3/h5,7-10H,4,6H2,1-3H3. The van der Waals surface area contributed by atoms with E-state index in [1.54, 1.807) is 0 Å². The molecule has 1 heteroatoms. The number of carbonyl (C=O) groups excluding carboxylic acids is 1. The molecule has 0 aromatic heterocycles. The van der Waals surface area contributed by atoms with Gasteiger partial charge in [0.2, 0.25) is 0 Å². The highest BCUT2D eigenvalue weighted by Gasteiger charge is 2.09. The van der Waals surface area contributed by atoms with Gasteiger partial charge in [0, 0.05) is 11.5 Å². The van der Waals surface area contributed by atoms with Gasteiger partial charge in [-0.3, -0.25) is 4.79 Å². The summed E-state index contributed by atoms with van der Waals surface area (Å²) in [6, 6.07) is 7.98. The van der Waals surface area contributed by atoms with E-state index in [1.807, 2.05) is 32.0 Å². The maximum Gasteiger partial charge on any atom is 0.165 e. The van der Waals surface area contributed by atoms with Crippen LogP contribution in [0.4, 0.5) is 0 Å². The zero-order valence-corrected chi connectivity index (χ0v) is 9.21. The molecule has 0 saturated carbocycles. The van der Waals surface area contributed by atoms with Gasteiger partial charge >= 0.3 is 0 Å². The van der Waals surface area contributed by atoms with Crippen molar-refractivity contribution in [2.75, 3.05) is 0 Å². The molecule has 0 bridgehead atoms. The van der Waals surface area contributed by atoms with E-state index in [2.05, 4.69) is 13.0 Å². The average Bonchev–Trinajstić information content (AvgIpc) is 2.17. The summed E-state index contributed by atoms with van der Waals surface area (Å²) >= 11 is 0. The quantitative estimate of drug-likeness (QED) is 0.664. The van der Waals surface area contributed by atoms with E-state index in [0.717, 1.165) is 18.4 Å². The molecule has 1 nitrogen and oxygen atoms in total. The zero-order valence-electron chi connectivity index (χ0n) is 9.21. The maximum atomic E-state index is 11.7. The van der Waals surface area contributed by atoms with Gasteiger partial charge in [-0.25, -0.2) is 0 Å².